The van der Waals surface area contributed by atoms with Crippen molar-refractivity contribution in [2.45, 2.75) is 0 Å². The second-order valence-corrected chi connectivity index (χ2v) is 3.97. The minimum absolute atomic E-state index is 0.224. The molecule has 8 heteroatoms. The minimum Gasteiger partial charge on any atom is -0.304 e. The van der Waals surface area contributed by atoms with E-state index in [1.807, 2.05) is 6.07 Å². The highest BCUT2D eigenvalue weighted by Gasteiger charge is 2.18. The summed E-state index contributed by atoms with van der Waals surface area (Å²) in [5.41, 5.74) is 0.505. The fourth-order valence-electron chi connectivity index (χ4n) is 1.50. The lowest BCUT2D eigenvalue weighted by atomic mass is 10.3. The summed E-state index contributed by atoms with van der Waals surface area (Å²) in [4.78, 5) is 12.0. The lowest BCUT2D eigenvalue weighted by Crippen LogP contribution is -2.19. The molecule has 0 saturated carbocycles. The number of carbonyl (C=O) groups excluding carboxylic acids is 1. The second kappa shape index (κ2) is 4.50. The van der Waals surface area contributed by atoms with Crippen LogP contribution < -0.4 is 5.32 Å². The Morgan fingerprint density at radius 2 is 2.06 bits per heavy atom. The van der Waals surface area contributed by atoms with Crippen molar-refractivity contribution < 1.29 is 4.79 Å². The number of nitriles is 1. The Labute approximate surface area is 108 Å². The molecule has 0 aliphatic heterocycles. The molecule has 92 valence electrons. The SMILES string of the molecule is Cn1ncc(C#N)c1NC(=O)c1c(Cl)cnn1C. The van der Waals surface area contributed by atoms with Crippen LogP contribution in [0.3, 0.4) is 0 Å². The summed E-state index contributed by atoms with van der Waals surface area (Å²) in [6.45, 7) is 0. The van der Waals surface area contributed by atoms with E-state index in [1.165, 1.54) is 21.8 Å². The van der Waals surface area contributed by atoms with E-state index in [2.05, 4.69) is 15.5 Å². The fraction of sp³-hybridized carbons (Fsp3) is 0.200. The summed E-state index contributed by atoms with van der Waals surface area (Å²) in [5.74, 6) is -0.125. The molecule has 0 atom stereocenters. The van der Waals surface area contributed by atoms with Crippen molar-refractivity contribution in [2.24, 2.45) is 14.1 Å². The van der Waals surface area contributed by atoms with Crippen LogP contribution in [0.25, 0.3) is 0 Å². The fourth-order valence-corrected chi connectivity index (χ4v) is 1.75. The molecule has 0 spiro atoms. The number of aryl methyl sites for hydroxylation is 2. The van der Waals surface area contributed by atoms with Crippen molar-refractivity contribution in [2.75, 3.05) is 5.32 Å². The highest BCUT2D eigenvalue weighted by molar-refractivity contribution is 6.34. The first kappa shape index (κ1) is 12.1. The molecule has 18 heavy (non-hydrogen) atoms. The van der Waals surface area contributed by atoms with Gasteiger partial charge in [0.05, 0.1) is 17.4 Å². The maximum Gasteiger partial charge on any atom is 0.276 e. The van der Waals surface area contributed by atoms with Crippen molar-refractivity contribution in [1.29, 1.82) is 5.26 Å². The average Bonchev–Trinajstić information content (AvgIpc) is 2.84. The van der Waals surface area contributed by atoms with Gasteiger partial charge >= 0.3 is 0 Å². The van der Waals surface area contributed by atoms with Crippen LogP contribution in [-0.4, -0.2) is 25.5 Å². The molecule has 0 aliphatic carbocycles. The maximum atomic E-state index is 12.0. The van der Waals surface area contributed by atoms with E-state index in [4.69, 9.17) is 16.9 Å². The van der Waals surface area contributed by atoms with Crippen LogP contribution in [-0.2, 0) is 14.1 Å². The van der Waals surface area contributed by atoms with E-state index in [0.717, 1.165) is 0 Å². The van der Waals surface area contributed by atoms with Gasteiger partial charge in [-0.2, -0.15) is 15.5 Å². The molecule has 1 N–H and O–H groups in total. The number of hydrogen-bond acceptors (Lipinski definition) is 4. The van der Waals surface area contributed by atoms with Gasteiger partial charge in [0.25, 0.3) is 5.91 Å². The number of aromatic nitrogens is 4. The third-order valence-corrected chi connectivity index (χ3v) is 2.68. The lowest BCUT2D eigenvalue weighted by Gasteiger charge is -2.06. The summed E-state index contributed by atoms with van der Waals surface area (Å²) in [6, 6.07) is 1.94. The molecule has 0 aliphatic rings. The Hall–Kier alpha value is -2.33. The first-order valence-corrected chi connectivity index (χ1v) is 5.33. The smallest absolute Gasteiger partial charge is 0.276 e. The number of nitrogens with zero attached hydrogens (tertiary/aromatic N) is 5. The minimum atomic E-state index is -0.444. The van der Waals surface area contributed by atoms with Gasteiger partial charge in [0.2, 0.25) is 0 Å². The third kappa shape index (κ3) is 1.94. The van der Waals surface area contributed by atoms with Gasteiger partial charge in [-0.15, -0.1) is 0 Å². The molecule has 2 aromatic heterocycles. The third-order valence-electron chi connectivity index (χ3n) is 2.40. The van der Waals surface area contributed by atoms with E-state index in [-0.39, 0.29) is 16.3 Å². The van der Waals surface area contributed by atoms with Crippen LogP contribution >= 0.6 is 11.6 Å². The number of anilines is 1. The molecule has 7 nitrogen and oxygen atoms in total. The van der Waals surface area contributed by atoms with E-state index in [1.54, 1.807) is 14.1 Å². The molecular formula is C10H9ClN6O. The first-order valence-electron chi connectivity index (χ1n) is 4.95. The normalized spacial score (nSPS) is 10.1. The van der Waals surface area contributed by atoms with Gasteiger partial charge in [0.1, 0.15) is 23.1 Å². The van der Waals surface area contributed by atoms with Crippen LogP contribution in [0.2, 0.25) is 5.02 Å². The monoisotopic (exact) mass is 264 g/mol. The molecule has 0 saturated heterocycles. The largest absolute Gasteiger partial charge is 0.304 e. The number of rotatable bonds is 2. The van der Waals surface area contributed by atoms with Gasteiger partial charge in [0, 0.05) is 14.1 Å². The van der Waals surface area contributed by atoms with Crippen LogP contribution in [0.4, 0.5) is 5.82 Å². The quantitative estimate of drug-likeness (QED) is 0.874. The number of nitrogens with one attached hydrogen (secondary N) is 1. The molecule has 1 amide bonds. The molecule has 0 fully saturated rings. The molecule has 0 bridgehead atoms. The summed E-state index contributed by atoms with van der Waals surface area (Å²) in [6.07, 6.45) is 2.76. The van der Waals surface area contributed by atoms with Gasteiger partial charge in [-0.25, -0.2) is 0 Å². The molecule has 2 heterocycles. The summed E-state index contributed by atoms with van der Waals surface area (Å²) < 4.78 is 2.76. The molecule has 0 aromatic carbocycles. The second-order valence-electron chi connectivity index (χ2n) is 3.56. The molecular weight excluding hydrogens is 256 g/mol. The van der Waals surface area contributed by atoms with Crippen molar-refractivity contribution in [3.8, 4) is 6.07 Å². The standard InChI is InChI=1S/C10H9ClN6O/c1-16-8(7(11)5-14-16)10(18)15-9-6(3-12)4-13-17(9)2/h4-5H,1-2H3,(H,15,18). The zero-order valence-electron chi connectivity index (χ0n) is 9.68. The van der Waals surface area contributed by atoms with E-state index in [9.17, 15) is 4.79 Å². The predicted octanol–water partition coefficient (Wildman–Crippen LogP) is 0.931. The van der Waals surface area contributed by atoms with Crippen molar-refractivity contribution in [1.82, 2.24) is 19.6 Å². The zero-order valence-corrected chi connectivity index (χ0v) is 10.4. The van der Waals surface area contributed by atoms with Crippen molar-refractivity contribution in [3.63, 3.8) is 0 Å². The molecule has 2 rings (SSSR count). The van der Waals surface area contributed by atoms with Crippen molar-refractivity contribution in [3.05, 3.63) is 28.7 Å². The van der Waals surface area contributed by atoms with Crippen LogP contribution in [0.1, 0.15) is 16.1 Å². The Kier molecular flexibility index (Phi) is 3.04. The highest BCUT2D eigenvalue weighted by atomic mass is 35.5. The number of carbonyl (C=O) groups is 1. The molecule has 0 unspecified atom stereocenters. The zero-order chi connectivity index (χ0) is 13.3. The lowest BCUT2D eigenvalue weighted by molar-refractivity contribution is 0.101. The number of hydrogen-bond donors (Lipinski definition) is 1. The topological polar surface area (TPSA) is 88.5 Å². The Bertz CT molecular complexity index is 630. The van der Waals surface area contributed by atoms with E-state index < -0.39 is 5.91 Å². The Balaban J connectivity index is 2.33. The predicted molar refractivity (Wildman–Crippen MR) is 64.1 cm³/mol. The van der Waals surface area contributed by atoms with Crippen LogP contribution in [0.15, 0.2) is 12.4 Å². The average molecular weight is 265 g/mol. The van der Waals surface area contributed by atoms with Gasteiger partial charge < -0.3 is 5.32 Å². The number of halogens is 1. The highest BCUT2D eigenvalue weighted by Crippen LogP contribution is 2.18. The van der Waals surface area contributed by atoms with Crippen LogP contribution in [0.5, 0.6) is 0 Å². The van der Waals surface area contributed by atoms with Gasteiger partial charge in [0.15, 0.2) is 0 Å². The summed E-state index contributed by atoms with van der Waals surface area (Å²) in [7, 11) is 3.23. The van der Waals surface area contributed by atoms with Crippen molar-refractivity contribution >= 4 is 23.3 Å². The molecule has 0 radical (unpaired) electrons. The van der Waals surface area contributed by atoms with Gasteiger partial charge in [-0.1, -0.05) is 11.6 Å². The summed E-state index contributed by atoms with van der Waals surface area (Å²) in [5, 5.41) is 19.5. The first-order chi connectivity index (χ1) is 8.54. The van der Waals surface area contributed by atoms with E-state index in [0.29, 0.717) is 5.82 Å². The Morgan fingerprint density at radius 1 is 1.39 bits per heavy atom. The summed E-state index contributed by atoms with van der Waals surface area (Å²) >= 11 is 5.86. The Morgan fingerprint density at radius 3 is 2.61 bits per heavy atom. The molecule has 2 aromatic rings. The van der Waals surface area contributed by atoms with Gasteiger partial charge in [-0.05, 0) is 0 Å². The van der Waals surface area contributed by atoms with Crippen LogP contribution in [0, 0.1) is 11.3 Å². The number of amides is 1. The maximum absolute atomic E-state index is 12.0. The van der Waals surface area contributed by atoms with Gasteiger partial charge in [-0.3, -0.25) is 14.2 Å². The van der Waals surface area contributed by atoms with E-state index >= 15 is 0 Å².